The highest BCUT2D eigenvalue weighted by atomic mass is 32.1. The maximum atomic E-state index is 13.3. The van der Waals surface area contributed by atoms with Crippen molar-refractivity contribution in [1.29, 1.82) is 0 Å². The van der Waals surface area contributed by atoms with E-state index in [0.717, 1.165) is 33.7 Å². The van der Waals surface area contributed by atoms with Gasteiger partial charge in [-0.1, -0.05) is 89.8 Å². The van der Waals surface area contributed by atoms with Crippen molar-refractivity contribution in [3.05, 3.63) is 88.4 Å². The number of carboxylic acids is 2. The third-order valence-corrected chi connectivity index (χ3v) is 9.70. The first-order valence-electron chi connectivity index (χ1n) is 17.1. The second kappa shape index (κ2) is 18.2. The molecule has 11 nitrogen and oxygen atoms in total. The maximum absolute atomic E-state index is 13.3. The summed E-state index contributed by atoms with van der Waals surface area (Å²) in [6.07, 6.45) is 8.64. The molecule has 0 aliphatic heterocycles. The van der Waals surface area contributed by atoms with Crippen LogP contribution < -0.4 is 15.4 Å². The van der Waals surface area contributed by atoms with Gasteiger partial charge in [-0.2, -0.15) is 0 Å². The molecule has 2 aromatic heterocycles. The van der Waals surface area contributed by atoms with Crippen LogP contribution in [0.3, 0.4) is 0 Å². The summed E-state index contributed by atoms with van der Waals surface area (Å²) >= 11 is 1.30. The van der Waals surface area contributed by atoms with Gasteiger partial charge in [0.2, 0.25) is 5.91 Å². The van der Waals surface area contributed by atoms with Crippen LogP contribution in [0.25, 0.3) is 22.5 Å². The third-order valence-electron chi connectivity index (χ3n) is 8.19. The zero-order valence-electron chi connectivity index (χ0n) is 29.5. The Morgan fingerprint density at radius 2 is 1.43 bits per heavy atom. The maximum Gasteiger partial charge on any atom is 0.326 e. The second-order valence-electron chi connectivity index (χ2n) is 13.4. The number of hydrogen-bond donors (Lipinski definition) is 4. The Kier molecular flexibility index (Phi) is 13.8. The molecule has 2 amide bonds. The highest BCUT2D eigenvalue weighted by Gasteiger charge is 2.29. The number of aromatic nitrogens is 2. The average Bonchev–Trinajstić information content (AvgIpc) is 3.62. The van der Waals surface area contributed by atoms with Crippen molar-refractivity contribution >= 4 is 35.1 Å². The van der Waals surface area contributed by atoms with Gasteiger partial charge in [-0.3, -0.25) is 14.4 Å². The second-order valence-corrected chi connectivity index (χ2v) is 14.5. The minimum atomic E-state index is -1.66. The lowest BCUT2D eigenvalue weighted by atomic mass is 9.95. The number of thiophene rings is 1. The fraction of sp³-hybridized carbons (Fsp3) is 0.385. The summed E-state index contributed by atoms with van der Waals surface area (Å²) in [5.74, 6) is -2.85. The average molecular weight is 715 g/mol. The first-order valence-corrected chi connectivity index (χ1v) is 18.0. The van der Waals surface area contributed by atoms with E-state index in [2.05, 4.69) is 27.5 Å². The molecule has 4 N–H and O–H groups in total. The largest absolute Gasteiger partial charge is 0.494 e. The van der Waals surface area contributed by atoms with E-state index in [1.807, 2.05) is 51.1 Å². The van der Waals surface area contributed by atoms with E-state index in [-0.39, 0.29) is 11.8 Å². The minimum absolute atomic E-state index is 0.0210. The molecule has 2 atom stereocenters. The fourth-order valence-corrected chi connectivity index (χ4v) is 6.21. The number of nitrogens with one attached hydrogen (secondary N) is 2. The molecule has 0 bridgehead atoms. The monoisotopic (exact) mass is 714 g/mol. The van der Waals surface area contributed by atoms with Crippen molar-refractivity contribution in [1.82, 2.24) is 20.6 Å². The number of unbranched alkanes of at least 4 members (excludes halogenated alkanes) is 4. The molecule has 0 aliphatic rings. The molecule has 0 aliphatic carbocycles. The summed E-state index contributed by atoms with van der Waals surface area (Å²) in [6.45, 7) is 8.99. The van der Waals surface area contributed by atoms with Crippen molar-refractivity contribution in [2.45, 2.75) is 90.1 Å². The number of hydrogen-bond acceptors (Lipinski definition) is 8. The van der Waals surface area contributed by atoms with Gasteiger partial charge < -0.3 is 25.6 Å². The normalized spacial score (nSPS) is 12.5. The van der Waals surface area contributed by atoms with Crippen LogP contribution in [-0.2, 0) is 26.2 Å². The van der Waals surface area contributed by atoms with Crippen molar-refractivity contribution in [3.63, 3.8) is 0 Å². The number of rotatable bonds is 18. The van der Waals surface area contributed by atoms with Crippen LogP contribution in [-0.4, -0.2) is 62.6 Å². The molecular weight excluding hydrogens is 669 g/mol. The Balaban J connectivity index is 1.43. The standard InChI is InChI=1S/C39H46N4O7S/c1-5-6-7-8-9-20-50-29-16-14-26(15-17-29)28-23-40-35(41-24-28)27-12-10-25(11-13-27)21-30(36(46)43-31(38(48)49)22-34(44)45)42-37(47)32-18-19-33(51-32)39(2,3)4/h10-19,23-24,30-31H,5-9,20-22H2,1-4H3,(H,42,47)(H,43,46)(H,44,45)(H,48,49)/t30-,31-/m0/s1. The lowest BCUT2D eigenvalue weighted by molar-refractivity contribution is -0.147. The van der Waals surface area contributed by atoms with E-state index in [1.165, 1.54) is 37.0 Å². The third kappa shape index (κ3) is 11.7. The van der Waals surface area contributed by atoms with Crippen LogP contribution in [0.4, 0.5) is 0 Å². The smallest absolute Gasteiger partial charge is 0.326 e. The molecule has 0 fully saturated rings. The molecule has 270 valence electrons. The summed E-state index contributed by atoms with van der Waals surface area (Å²) in [4.78, 5) is 59.9. The summed E-state index contributed by atoms with van der Waals surface area (Å²) in [5.41, 5.74) is 3.05. The number of benzene rings is 2. The lowest BCUT2D eigenvalue weighted by Gasteiger charge is -2.21. The van der Waals surface area contributed by atoms with Gasteiger partial charge in [-0.25, -0.2) is 14.8 Å². The number of amides is 2. The number of carboxylic acid groups (broad SMARTS) is 2. The lowest BCUT2D eigenvalue weighted by Crippen LogP contribution is -2.52. The van der Waals surface area contributed by atoms with E-state index in [9.17, 15) is 24.3 Å². The molecular formula is C39H46N4O7S. The number of nitrogens with zero attached hydrogens (tertiary/aromatic N) is 2. The van der Waals surface area contributed by atoms with Gasteiger partial charge >= 0.3 is 11.9 Å². The minimum Gasteiger partial charge on any atom is -0.494 e. The first-order chi connectivity index (χ1) is 24.3. The molecule has 12 heteroatoms. The molecule has 0 radical (unpaired) electrons. The highest BCUT2D eigenvalue weighted by Crippen LogP contribution is 2.29. The molecule has 0 saturated carbocycles. The van der Waals surface area contributed by atoms with Crippen molar-refractivity contribution in [2.24, 2.45) is 0 Å². The van der Waals surface area contributed by atoms with Gasteiger partial charge in [-0.15, -0.1) is 11.3 Å². The number of carbonyl (C=O) groups is 4. The van der Waals surface area contributed by atoms with Gasteiger partial charge in [-0.05, 0) is 47.2 Å². The Hall–Kier alpha value is -5.10. The zero-order valence-corrected chi connectivity index (χ0v) is 30.3. The van der Waals surface area contributed by atoms with E-state index >= 15 is 0 Å². The van der Waals surface area contributed by atoms with Crippen molar-refractivity contribution in [3.8, 4) is 28.3 Å². The van der Waals surface area contributed by atoms with Crippen LogP contribution >= 0.6 is 11.3 Å². The summed E-state index contributed by atoms with van der Waals surface area (Å²) in [5, 5.41) is 23.6. The fourth-order valence-electron chi connectivity index (χ4n) is 5.24. The van der Waals surface area contributed by atoms with Gasteiger partial charge in [0.25, 0.3) is 5.91 Å². The topological polar surface area (TPSA) is 168 Å². The quantitative estimate of drug-likeness (QED) is 0.0801. The van der Waals surface area contributed by atoms with Gasteiger partial charge in [0.05, 0.1) is 17.9 Å². The molecule has 0 unspecified atom stereocenters. The predicted molar refractivity (Wildman–Crippen MR) is 197 cm³/mol. The summed E-state index contributed by atoms with van der Waals surface area (Å²) in [7, 11) is 0. The van der Waals surface area contributed by atoms with Crippen molar-refractivity contribution in [2.75, 3.05) is 6.61 Å². The number of ether oxygens (including phenoxy) is 1. The van der Waals surface area contributed by atoms with E-state index < -0.39 is 42.3 Å². The Labute approximate surface area is 302 Å². The van der Waals surface area contributed by atoms with Crippen LogP contribution in [0.1, 0.15) is 86.3 Å². The Morgan fingerprint density at radius 1 is 0.784 bits per heavy atom. The molecule has 4 aromatic rings. The van der Waals surface area contributed by atoms with E-state index in [4.69, 9.17) is 9.84 Å². The molecule has 0 saturated heterocycles. The predicted octanol–water partition coefficient (Wildman–Crippen LogP) is 6.90. The summed E-state index contributed by atoms with van der Waals surface area (Å²) in [6, 6.07) is 15.7. The first kappa shape index (κ1) is 38.7. The number of carbonyl (C=O) groups excluding carboxylic acids is 2. The van der Waals surface area contributed by atoms with Crippen LogP contribution in [0.15, 0.2) is 73.1 Å². The zero-order chi connectivity index (χ0) is 37.0. The SMILES string of the molecule is CCCCCCCOc1ccc(-c2cnc(-c3ccc(C[C@H](NC(=O)c4ccc(C(C)(C)C)s4)C(=O)N[C@@H](CC(=O)O)C(=O)O)cc3)nc2)cc1. The molecule has 2 aromatic carbocycles. The van der Waals surface area contributed by atoms with Gasteiger partial charge in [0.15, 0.2) is 5.82 Å². The van der Waals surface area contributed by atoms with Crippen LogP contribution in [0.2, 0.25) is 0 Å². The molecule has 0 spiro atoms. The van der Waals surface area contributed by atoms with Gasteiger partial charge in [0.1, 0.15) is 17.8 Å². The number of aliphatic carboxylic acids is 2. The van der Waals surface area contributed by atoms with Crippen LogP contribution in [0, 0.1) is 0 Å². The van der Waals surface area contributed by atoms with Crippen molar-refractivity contribution < 1.29 is 34.1 Å². The van der Waals surface area contributed by atoms with Crippen LogP contribution in [0.5, 0.6) is 5.75 Å². The van der Waals surface area contributed by atoms with Gasteiger partial charge in [0, 0.05) is 34.8 Å². The molecule has 51 heavy (non-hydrogen) atoms. The molecule has 4 rings (SSSR count). The highest BCUT2D eigenvalue weighted by molar-refractivity contribution is 7.14. The van der Waals surface area contributed by atoms with E-state index in [0.29, 0.717) is 22.9 Å². The van der Waals surface area contributed by atoms with E-state index in [1.54, 1.807) is 42.7 Å². The summed E-state index contributed by atoms with van der Waals surface area (Å²) < 4.78 is 5.87. The molecule has 2 heterocycles. The Morgan fingerprint density at radius 3 is 2.02 bits per heavy atom. The Bertz CT molecular complexity index is 1760.